The van der Waals surface area contributed by atoms with E-state index in [0.29, 0.717) is 32.0 Å². The summed E-state index contributed by atoms with van der Waals surface area (Å²) in [4.78, 5) is -0.799. The molecule has 0 aromatic heterocycles. The Morgan fingerprint density at radius 1 is 1.00 bits per heavy atom. The smallest absolute Gasteiger partial charge is 0.416 e. The van der Waals surface area contributed by atoms with Crippen LogP contribution in [0.1, 0.15) is 31.7 Å². The van der Waals surface area contributed by atoms with E-state index < -0.39 is 36.7 Å². The molecule has 3 rings (SSSR count). The van der Waals surface area contributed by atoms with Crippen LogP contribution in [0.3, 0.4) is 0 Å². The summed E-state index contributed by atoms with van der Waals surface area (Å²) >= 11 is 0. The van der Waals surface area contributed by atoms with Gasteiger partial charge in [-0.15, -0.1) is 0 Å². The molecule has 1 saturated heterocycles. The molecule has 0 bridgehead atoms. The number of benzene rings is 2. The maximum atomic E-state index is 13.2. The Kier molecular flexibility index (Phi) is 7.06. The Hall–Kier alpha value is -2.31. The topological polar surface area (TPSA) is 92.8 Å². The largest absolute Gasteiger partial charge is 0.492 e. The van der Waals surface area contributed by atoms with Gasteiger partial charge < -0.3 is 4.74 Å². The van der Waals surface area contributed by atoms with E-state index in [1.165, 1.54) is 16.4 Å². The van der Waals surface area contributed by atoms with E-state index in [4.69, 9.17) is 4.74 Å². The van der Waals surface area contributed by atoms with Crippen molar-refractivity contribution in [2.24, 2.45) is 0 Å². The third-order valence-corrected chi connectivity index (χ3v) is 8.20. The van der Waals surface area contributed by atoms with Crippen LogP contribution in [0, 0.1) is 0 Å². The highest BCUT2D eigenvalue weighted by atomic mass is 32.2. The van der Waals surface area contributed by atoms with E-state index in [1.807, 2.05) is 0 Å². The van der Waals surface area contributed by atoms with Gasteiger partial charge in [0, 0.05) is 13.1 Å². The summed E-state index contributed by atoms with van der Waals surface area (Å²) in [6, 6.07) is 7.04. The molecule has 0 spiro atoms. The molecule has 1 aliphatic heterocycles. The van der Waals surface area contributed by atoms with Crippen LogP contribution in [0.25, 0.3) is 0 Å². The minimum atomic E-state index is -4.71. The lowest BCUT2D eigenvalue weighted by Gasteiger charge is -2.27. The zero-order valence-electron chi connectivity index (χ0n) is 17.2. The van der Waals surface area contributed by atoms with Crippen molar-refractivity contribution in [3.05, 3.63) is 48.0 Å². The molecular weight excluding hydrogens is 469 g/mol. The molecule has 7 nitrogen and oxygen atoms in total. The molecule has 0 amide bonds. The number of piperidine rings is 1. The number of nitrogens with one attached hydrogen (secondary N) is 1. The van der Waals surface area contributed by atoms with Gasteiger partial charge in [0.25, 0.3) is 10.0 Å². The second-order valence-electron chi connectivity index (χ2n) is 7.19. The highest BCUT2D eigenvalue weighted by Gasteiger charge is 2.32. The Morgan fingerprint density at radius 3 is 2.31 bits per heavy atom. The van der Waals surface area contributed by atoms with Gasteiger partial charge >= 0.3 is 6.18 Å². The van der Waals surface area contributed by atoms with Crippen LogP contribution in [0.15, 0.2) is 52.3 Å². The van der Waals surface area contributed by atoms with Gasteiger partial charge in [-0.25, -0.2) is 16.8 Å². The molecule has 0 radical (unpaired) electrons. The normalized spacial score (nSPS) is 16.0. The molecule has 176 valence electrons. The number of rotatable bonds is 7. The summed E-state index contributed by atoms with van der Waals surface area (Å²) in [6.07, 6.45) is -2.36. The van der Waals surface area contributed by atoms with Gasteiger partial charge in [-0.3, -0.25) is 4.72 Å². The van der Waals surface area contributed by atoms with Gasteiger partial charge in [0.2, 0.25) is 10.0 Å². The molecule has 32 heavy (non-hydrogen) atoms. The van der Waals surface area contributed by atoms with Gasteiger partial charge in [0.05, 0.1) is 22.8 Å². The second-order valence-corrected chi connectivity index (χ2v) is 10.8. The first-order valence-electron chi connectivity index (χ1n) is 9.92. The molecule has 0 saturated carbocycles. The quantitative estimate of drug-likeness (QED) is 0.629. The van der Waals surface area contributed by atoms with Crippen LogP contribution < -0.4 is 9.46 Å². The van der Waals surface area contributed by atoms with Gasteiger partial charge in [0.15, 0.2) is 0 Å². The molecule has 1 heterocycles. The van der Waals surface area contributed by atoms with Crippen molar-refractivity contribution in [3.63, 3.8) is 0 Å². The van der Waals surface area contributed by atoms with Crippen molar-refractivity contribution in [1.29, 1.82) is 0 Å². The van der Waals surface area contributed by atoms with Crippen molar-refractivity contribution in [1.82, 2.24) is 4.31 Å². The molecule has 2 aromatic carbocycles. The third-order valence-electron chi connectivity index (χ3n) is 4.90. The number of anilines is 1. The Bertz CT molecular complexity index is 1180. The van der Waals surface area contributed by atoms with Gasteiger partial charge in [0.1, 0.15) is 10.6 Å². The number of alkyl halides is 3. The van der Waals surface area contributed by atoms with E-state index in [1.54, 1.807) is 6.92 Å². The molecule has 0 aliphatic carbocycles. The second kappa shape index (κ2) is 9.28. The van der Waals surface area contributed by atoms with E-state index in [2.05, 4.69) is 4.72 Å². The van der Waals surface area contributed by atoms with Crippen LogP contribution in [0.2, 0.25) is 0 Å². The fraction of sp³-hybridized carbons (Fsp3) is 0.400. The lowest BCUT2D eigenvalue weighted by molar-refractivity contribution is -0.137. The summed E-state index contributed by atoms with van der Waals surface area (Å²) in [5, 5.41) is 0. The summed E-state index contributed by atoms with van der Waals surface area (Å²) in [6.45, 7) is 2.56. The summed E-state index contributed by atoms with van der Waals surface area (Å²) in [7, 11) is -8.37. The van der Waals surface area contributed by atoms with Crippen molar-refractivity contribution in [2.45, 2.75) is 42.2 Å². The van der Waals surface area contributed by atoms with Gasteiger partial charge in [-0.1, -0.05) is 12.5 Å². The average Bonchev–Trinajstić information content (AvgIpc) is 2.75. The Morgan fingerprint density at radius 2 is 1.69 bits per heavy atom. The van der Waals surface area contributed by atoms with E-state index >= 15 is 0 Å². The van der Waals surface area contributed by atoms with Crippen LogP contribution in [0.5, 0.6) is 5.75 Å². The Balaban J connectivity index is 1.98. The molecule has 1 fully saturated rings. The fourth-order valence-corrected chi connectivity index (χ4v) is 6.12. The maximum absolute atomic E-state index is 13.2. The predicted molar refractivity (Wildman–Crippen MR) is 112 cm³/mol. The monoisotopic (exact) mass is 492 g/mol. The average molecular weight is 493 g/mol. The Labute approximate surface area is 185 Å². The zero-order valence-corrected chi connectivity index (χ0v) is 18.9. The number of hydrogen-bond donors (Lipinski definition) is 1. The number of ether oxygens (including phenoxy) is 1. The molecular formula is C20H23F3N2O5S2. The summed E-state index contributed by atoms with van der Waals surface area (Å²) in [5.41, 5.74) is -1.22. The summed E-state index contributed by atoms with van der Waals surface area (Å²) in [5.74, 6) is 0.0695. The van der Waals surface area contributed by atoms with Crippen molar-refractivity contribution in [2.75, 3.05) is 24.4 Å². The van der Waals surface area contributed by atoms with Crippen molar-refractivity contribution < 1.29 is 34.7 Å². The van der Waals surface area contributed by atoms with Crippen LogP contribution in [-0.4, -0.2) is 40.8 Å². The van der Waals surface area contributed by atoms with Gasteiger partial charge in [-0.05, 0) is 56.2 Å². The zero-order chi connectivity index (χ0) is 23.6. The number of sulfonamides is 2. The van der Waals surface area contributed by atoms with Crippen molar-refractivity contribution >= 4 is 25.7 Å². The first kappa shape index (κ1) is 24.3. The standard InChI is InChI=1S/C20H23F3N2O5S2/c1-2-30-18-10-9-16(14-19(18)32(28,29)25-11-4-3-5-12-25)24-31(26,27)17-8-6-7-15(13-17)20(21,22)23/h6-10,13-14,24H,2-5,11-12H2,1H3. The highest BCUT2D eigenvalue weighted by Crippen LogP contribution is 2.33. The fourth-order valence-electron chi connectivity index (χ4n) is 3.35. The van der Waals surface area contributed by atoms with Gasteiger partial charge in [-0.2, -0.15) is 17.5 Å². The van der Waals surface area contributed by atoms with Crippen LogP contribution >= 0.6 is 0 Å². The SMILES string of the molecule is CCOc1ccc(NS(=O)(=O)c2cccc(C(F)(F)F)c2)cc1S(=O)(=O)N1CCCCC1. The highest BCUT2D eigenvalue weighted by molar-refractivity contribution is 7.92. The number of halogens is 3. The molecule has 1 aliphatic rings. The third kappa shape index (κ3) is 5.36. The first-order chi connectivity index (χ1) is 14.9. The lowest BCUT2D eigenvalue weighted by atomic mass is 10.2. The minimum absolute atomic E-state index is 0.0695. The minimum Gasteiger partial charge on any atom is -0.492 e. The van der Waals surface area contributed by atoms with E-state index in [0.717, 1.165) is 30.7 Å². The van der Waals surface area contributed by atoms with E-state index in [-0.39, 0.29) is 22.9 Å². The van der Waals surface area contributed by atoms with Crippen LogP contribution in [-0.2, 0) is 26.2 Å². The molecule has 1 N–H and O–H groups in total. The molecule has 0 unspecified atom stereocenters. The molecule has 2 aromatic rings. The lowest BCUT2D eigenvalue weighted by Crippen LogP contribution is -2.35. The van der Waals surface area contributed by atoms with E-state index in [9.17, 15) is 30.0 Å². The predicted octanol–water partition coefficient (Wildman–Crippen LogP) is 4.08. The molecule has 12 heteroatoms. The molecule has 0 atom stereocenters. The van der Waals surface area contributed by atoms with Crippen LogP contribution in [0.4, 0.5) is 18.9 Å². The first-order valence-corrected chi connectivity index (χ1v) is 12.8. The summed E-state index contributed by atoms with van der Waals surface area (Å²) < 4.78 is 99.5. The maximum Gasteiger partial charge on any atom is 0.416 e. The number of hydrogen-bond acceptors (Lipinski definition) is 5. The van der Waals surface area contributed by atoms with Crippen molar-refractivity contribution in [3.8, 4) is 5.75 Å². The number of nitrogens with zero attached hydrogens (tertiary/aromatic N) is 1.